The second kappa shape index (κ2) is 4.77. The highest BCUT2D eigenvalue weighted by Crippen LogP contribution is 2.18. The number of aliphatic hydroxyl groups is 1. The SMILES string of the molecule is [CH2]CCC(O)c1ccc(C(=O)O)cc1. The highest BCUT2D eigenvalue weighted by molar-refractivity contribution is 5.87. The Kier molecular flexibility index (Phi) is 3.65. The summed E-state index contributed by atoms with van der Waals surface area (Å²) < 4.78 is 0. The van der Waals surface area contributed by atoms with Gasteiger partial charge >= 0.3 is 5.97 Å². The predicted molar refractivity (Wildman–Crippen MR) is 53.0 cm³/mol. The first-order valence-corrected chi connectivity index (χ1v) is 4.45. The monoisotopic (exact) mass is 193 g/mol. The summed E-state index contributed by atoms with van der Waals surface area (Å²) in [6, 6.07) is 6.24. The summed E-state index contributed by atoms with van der Waals surface area (Å²) in [5, 5.41) is 18.2. The van der Waals surface area contributed by atoms with Crippen LogP contribution in [0.4, 0.5) is 0 Å². The fourth-order valence-electron chi connectivity index (χ4n) is 1.21. The molecule has 1 unspecified atom stereocenters. The van der Waals surface area contributed by atoms with E-state index in [-0.39, 0.29) is 5.56 Å². The highest BCUT2D eigenvalue weighted by atomic mass is 16.4. The summed E-state index contributed by atoms with van der Waals surface area (Å²) >= 11 is 0. The number of benzene rings is 1. The number of carbonyl (C=O) groups is 1. The van der Waals surface area contributed by atoms with Gasteiger partial charge in [0.2, 0.25) is 0 Å². The Balaban J connectivity index is 2.77. The van der Waals surface area contributed by atoms with Gasteiger partial charge in [-0.05, 0) is 24.1 Å². The molecule has 0 amide bonds. The fraction of sp³-hybridized carbons (Fsp3) is 0.273. The van der Waals surface area contributed by atoms with Crippen LogP contribution in [0.1, 0.15) is 34.9 Å². The molecule has 0 aliphatic heterocycles. The smallest absolute Gasteiger partial charge is 0.335 e. The standard InChI is InChI=1S/C11H13O3/c1-2-3-10(12)8-4-6-9(7-5-8)11(13)14/h4-7,10,12H,1-3H2,(H,13,14). The first-order chi connectivity index (χ1) is 6.65. The van der Waals surface area contributed by atoms with Gasteiger partial charge in [-0.3, -0.25) is 0 Å². The molecule has 14 heavy (non-hydrogen) atoms. The van der Waals surface area contributed by atoms with E-state index in [2.05, 4.69) is 6.92 Å². The van der Waals surface area contributed by atoms with Crippen molar-refractivity contribution in [3.8, 4) is 0 Å². The summed E-state index contributed by atoms with van der Waals surface area (Å²) in [6.07, 6.45) is 0.698. The van der Waals surface area contributed by atoms with Crippen LogP contribution in [0.5, 0.6) is 0 Å². The topological polar surface area (TPSA) is 57.5 Å². The van der Waals surface area contributed by atoms with Crippen LogP contribution in [0.25, 0.3) is 0 Å². The molecule has 0 fully saturated rings. The van der Waals surface area contributed by atoms with Crippen LogP contribution in [0.15, 0.2) is 24.3 Å². The molecule has 1 aromatic rings. The van der Waals surface area contributed by atoms with Gasteiger partial charge in [0.1, 0.15) is 0 Å². The Morgan fingerprint density at radius 2 is 1.93 bits per heavy atom. The predicted octanol–water partition coefficient (Wildman–Crippen LogP) is 2.03. The molecule has 1 atom stereocenters. The van der Waals surface area contributed by atoms with Crippen molar-refractivity contribution < 1.29 is 15.0 Å². The van der Waals surface area contributed by atoms with Crippen LogP contribution >= 0.6 is 0 Å². The molecule has 1 radical (unpaired) electrons. The quantitative estimate of drug-likeness (QED) is 0.769. The Morgan fingerprint density at radius 1 is 1.36 bits per heavy atom. The average molecular weight is 193 g/mol. The van der Waals surface area contributed by atoms with E-state index in [1.54, 1.807) is 12.1 Å². The number of aliphatic hydroxyl groups excluding tert-OH is 1. The van der Waals surface area contributed by atoms with E-state index >= 15 is 0 Å². The molecule has 1 aromatic carbocycles. The lowest BCUT2D eigenvalue weighted by Crippen LogP contribution is -1.99. The second-order valence-electron chi connectivity index (χ2n) is 3.09. The van der Waals surface area contributed by atoms with Crippen LogP contribution in [-0.4, -0.2) is 16.2 Å². The van der Waals surface area contributed by atoms with E-state index in [0.29, 0.717) is 12.8 Å². The van der Waals surface area contributed by atoms with Crippen molar-refractivity contribution in [2.45, 2.75) is 18.9 Å². The van der Waals surface area contributed by atoms with Crippen LogP contribution in [-0.2, 0) is 0 Å². The lowest BCUT2D eigenvalue weighted by atomic mass is 10.0. The zero-order valence-electron chi connectivity index (χ0n) is 7.81. The second-order valence-corrected chi connectivity index (χ2v) is 3.09. The van der Waals surface area contributed by atoms with Crippen LogP contribution in [0.3, 0.4) is 0 Å². The zero-order valence-corrected chi connectivity index (χ0v) is 7.81. The summed E-state index contributed by atoms with van der Waals surface area (Å²) in [5.74, 6) is -0.955. The summed E-state index contributed by atoms with van der Waals surface area (Å²) in [4.78, 5) is 10.5. The van der Waals surface area contributed by atoms with Crippen molar-refractivity contribution in [1.29, 1.82) is 0 Å². The third-order valence-corrected chi connectivity index (χ3v) is 2.02. The van der Waals surface area contributed by atoms with Gasteiger partial charge in [0.05, 0.1) is 11.7 Å². The third-order valence-electron chi connectivity index (χ3n) is 2.02. The number of carboxylic acid groups (broad SMARTS) is 1. The normalized spacial score (nSPS) is 12.4. The molecular formula is C11H13O3. The first-order valence-electron chi connectivity index (χ1n) is 4.45. The summed E-state index contributed by atoms with van der Waals surface area (Å²) in [7, 11) is 0. The molecule has 75 valence electrons. The zero-order chi connectivity index (χ0) is 10.6. The summed E-state index contributed by atoms with van der Waals surface area (Å²) in [6.45, 7) is 3.64. The maximum Gasteiger partial charge on any atom is 0.335 e. The highest BCUT2D eigenvalue weighted by Gasteiger charge is 2.07. The molecule has 0 spiro atoms. The van der Waals surface area contributed by atoms with Crippen molar-refractivity contribution in [2.75, 3.05) is 0 Å². The average Bonchev–Trinajstić information content (AvgIpc) is 2.18. The lowest BCUT2D eigenvalue weighted by Gasteiger charge is -2.09. The summed E-state index contributed by atoms with van der Waals surface area (Å²) in [5.41, 5.74) is 0.967. The molecule has 0 aliphatic rings. The number of hydrogen-bond donors (Lipinski definition) is 2. The van der Waals surface area contributed by atoms with Gasteiger partial charge in [-0.25, -0.2) is 4.79 Å². The van der Waals surface area contributed by atoms with Crippen LogP contribution in [0, 0.1) is 6.92 Å². The fourth-order valence-corrected chi connectivity index (χ4v) is 1.21. The van der Waals surface area contributed by atoms with E-state index in [4.69, 9.17) is 5.11 Å². The van der Waals surface area contributed by atoms with E-state index < -0.39 is 12.1 Å². The number of carboxylic acids is 1. The van der Waals surface area contributed by atoms with Crippen molar-refractivity contribution >= 4 is 5.97 Å². The lowest BCUT2D eigenvalue weighted by molar-refractivity contribution is 0.0696. The van der Waals surface area contributed by atoms with Gasteiger partial charge in [0.15, 0.2) is 0 Å². The molecule has 3 heteroatoms. The molecule has 0 saturated carbocycles. The largest absolute Gasteiger partial charge is 0.478 e. The van der Waals surface area contributed by atoms with Gasteiger partial charge < -0.3 is 10.2 Å². The Hall–Kier alpha value is -1.35. The first kappa shape index (κ1) is 10.7. The van der Waals surface area contributed by atoms with Gasteiger partial charge in [-0.15, -0.1) is 0 Å². The van der Waals surface area contributed by atoms with Crippen LogP contribution in [0.2, 0.25) is 0 Å². The minimum absolute atomic E-state index is 0.232. The Morgan fingerprint density at radius 3 is 2.36 bits per heavy atom. The maximum absolute atomic E-state index is 10.5. The van der Waals surface area contributed by atoms with E-state index in [1.807, 2.05) is 0 Å². The van der Waals surface area contributed by atoms with E-state index in [0.717, 1.165) is 5.56 Å². The number of hydrogen-bond acceptors (Lipinski definition) is 2. The van der Waals surface area contributed by atoms with Crippen LogP contribution < -0.4 is 0 Å². The van der Waals surface area contributed by atoms with Crippen molar-refractivity contribution in [3.05, 3.63) is 42.3 Å². The molecular weight excluding hydrogens is 180 g/mol. The third kappa shape index (κ3) is 2.57. The molecule has 3 nitrogen and oxygen atoms in total. The van der Waals surface area contributed by atoms with Crippen molar-refractivity contribution in [1.82, 2.24) is 0 Å². The van der Waals surface area contributed by atoms with Crippen molar-refractivity contribution in [2.24, 2.45) is 0 Å². The molecule has 0 saturated heterocycles. The van der Waals surface area contributed by atoms with Gasteiger partial charge in [0.25, 0.3) is 0 Å². The van der Waals surface area contributed by atoms with Gasteiger partial charge in [-0.1, -0.05) is 25.5 Å². The molecule has 0 bridgehead atoms. The van der Waals surface area contributed by atoms with Gasteiger partial charge in [-0.2, -0.15) is 0 Å². The van der Waals surface area contributed by atoms with Gasteiger partial charge in [0, 0.05) is 0 Å². The molecule has 1 rings (SSSR count). The number of rotatable bonds is 4. The Bertz CT molecular complexity index is 303. The molecule has 0 aromatic heterocycles. The maximum atomic E-state index is 10.5. The molecule has 0 aliphatic carbocycles. The molecule has 2 N–H and O–H groups in total. The minimum atomic E-state index is -0.955. The molecule has 0 heterocycles. The number of aromatic carboxylic acids is 1. The van der Waals surface area contributed by atoms with Crippen molar-refractivity contribution in [3.63, 3.8) is 0 Å². The Labute approximate surface area is 83.0 Å². The minimum Gasteiger partial charge on any atom is -0.478 e. The van der Waals surface area contributed by atoms with E-state index in [9.17, 15) is 9.90 Å². The van der Waals surface area contributed by atoms with E-state index in [1.165, 1.54) is 12.1 Å².